The average Bonchev–Trinajstić information content (AvgIpc) is 3.60. The molecule has 6 heteroatoms. The average molecular weight is 433 g/mol. The van der Waals surface area contributed by atoms with Crippen LogP contribution in [0.5, 0.6) is 0 Å². The molecular weight excluding hydrogens is 402 g/mol. The Morgan fingerprint density at radius 1 is 1.10 bits per heavy atom. The molecule has 1 heterocycles. The third-order valence-electron chi connectivity index (χ3n) is 6.01. The van der Waals surface area contributed by atoms with E-state index in [1.807, 2.05) is 35.2 Å². The molecule has 2 aliphatic rings. The first kappa shape index (κ1) is 22.8. The highest BCUT2D eigenvalue weighted by Gasteiger charge is 2.46. The van der Waals surface area contributed by atoms with Crippen molar-refractivity contribution in [1.82, 2.24) is 4.90 Å². The highest BCUT2D eigenvalue weighted by molar-refractivity contribution is 7.79. The van der Waals surface area contributed by atoms with E-state index >= 15 is 0 Å². The third-order valence-corrected chi connectivity index (χ3v) is 6.01. The molecule has 4 rings (SSSR count). The number of carbonyl (C=O) groups is 1. The molecule has 0 radical (unpaired) electrons. The molecule has 30 heavy (non-hydrogen) atoms. The van der Waals surface area contributed by atoms with Crippen molar-refractivity contribution in [2.24, 2.45) is 11.7 Å². The molecule has 1 saturated heterocycles. The number of rotatable bonds is 4. The Bertz CT molecular complexity index is 846. The number of benzene rings is 2. The van der Waals surface area contributed by atoms with Crippen LogP contribution in [0.2, 0.25) is 0 Å². The fourth-order valence-corrected chi connectivity index (χ4v) is 4.29. The van der Waals surface area contributed by atoms with Crippen molar-refractivity contribution >= 4 is 18.5 Å². The molecule has 3 unspecified atom stereocenters. The van der Waals surface area contributed by atoms with Crippen molar-refractivity contribution in [3.05, 3.63) is 59.7 Å². The summed E-state index contributed by atoms with van der Waals surface area (Å²) >= 11 is 3.53. The summed E-state index contributed by atoms with van der Waals surface area (Å²) in [5, 5.41) is 0. The van der Waals surface area contributed by atoms with Gasteiger partial charge < -0.3 is 10.6 Å². The minimum absolute atomic E-state index is 0.0210. The fourth-order valence-electron chi connectivity index (χ4n) is 4.29. The van der Waals surface area contributed by atoms with E-state index in [2.05, 4.69) is 12.6 Å². The molecule has 1 amide bonds. The number of nitrogens with zero attached hydrogens (tertiary/aromatic N) is 1. The van der Waals surface area contributed by atoms with Gasteiger partial charge in [-0.25, -0.2) is 8.78 Å². The second-order valence-electron chi connectivity index (χ2n) is 7.98. The summed E-state index contributed by atoms with van der Waals surface area (Å²) in [6.45, 7) is 1.49. The number of alkyl halides is 2. The van der Waals surface area contributed by atoms with E-state index in [0.717, 1.165) is 55.5 Å². The zero-order valence-electron chi connectivity index (χ0n) is 17.3. The van der Waals surface area contributed by atoms with Crippen molar-refractivity contribution in [2.45, 2.75) is 44.1 Å². The van der Waals surface area contributed by atoms with Gasteiger partial charge in [0.2, 0.25) is 5.91 Å². The summed E-state index contributed by atoms with van der Waals surface area (Å²) in [5.41, 5.74) is 8.78. The minimum atomic E-state index is -2.51. The quantitative estimate of drug-likeness (QED) is 0.646. The Kier molecular flexibility index (Phi) is 7.89. The van der Waals surface area contributed by atoms with Crippen LogP contribution in [0.1, 0.15) is 49.2 Å². The van der Waals surface area contributed by atoms with Gasteiger partial charge in [-0.05, 0) is 60.6 Å². The van der Waals surface area contributed by atoms with Crippen molar-refractivity contribution in [3.8, 4) is 11.1 Å². The Morgan fingerprint density at radius 2 is 1.83 bits per heavy atom. The van der Waals surface area contributed by atoms with Crippen LogP contribution in [0.15, 0.2) is 48.5 Å². The standard InChI is InChI=1S/C23H26F2N2O.CH4S/c24-22(25)16-8-9-18(19(13-16)15-5-2-1-3-6-15)20-14-21(20)23(28)27-11-4-7-17(26)10-12-27;1-2/h1-3,5-6,8-9,13,17,20-22H,4,7,10-12,14,26H2;2H,1H3. The van der Waals surface area contributed by atoms with E-state index < -0.39 is 6.43 Å². The van der Waals surface area contributed by atoms with Crippen LogP contribution in [-0.4, -0.2) is 36.2 Å². The predicted molar refractivity (Wildman–Crippen MR) is 121 cm³/mol. The first-order valence-corrected chi connectivity index (χ1v) is 11.4. The maximum absolute atomic E-state index is 13.3. The first-order chi connectivity index (χ1) is 14.5. The number of amides is 1. The summed E-state index contributed by atoms with van der Waals surface area (Å²) in [5.74, 6) is 0.247. The van der Waals surface area contributed by atoms with Crippen molar-refractivity contribution < 1.29 is 13.6 Å². The van der Waals surface area contributed by atoms with E-state index in [1.54, 1.807) is 18.4 Å². The molecule has 2 fully saturated rings. The molecule has 162 valence electrons. The Morgan fingerprint density at radius 3 is 2.53 bits per heavy atom. The second kappa shape index (κ2) is 10.4. The van der Waals surface area contributed by atoms with Gasteiger partial charge in [-0.2, -0.15) is 12.6 Å². The van der Waals surface area contributed by atoms with E-state index in [9.17, 15) is 13.6 Å². The highest BCUT2D eigenvalue weighted by Crippen LogP contribution is 2.51. The summed E-state index contributed by atoms with van der Waals surface area (Å²) in [6, 6.07) is 14.6. The normalized spacial score (nSPS) is 23.4. The van der Waals surface area contributed by atoms with Gasteiger partial charge >= 0.3 is 0 Å². The maximum Gasteiger partial charge on any atom is 0.263 e. The second-order valence-corrected chi connectivity index (χ2v) is 7.98. The van der Waals surface area contributed by atoms with Gasteiger partial charge in [-0.3, -0.25) is 4.79 Å². The number of hydrogen-bond donors (Lipinski definition) is 2. The van der Waals surface area contributed by atoms with E-state index in [0.29, 0.717) is 0 Å². The van der Waals surface area contributed by atoms with E-state index in [1.165, 1.54) is 6.07 Å². The number of halogens is 2. The molecule has 2 aromatic carbocycles. The van der Waals surface area contributed by atoms with Crippen LogP contribution >= 0.6 is 12.6 Å². The summed E-state index contributed by atoms with van der Waals surface area (Å²) in [6.07, 6.45) is 2.74. The van der Waals surface area contributed by atoms with Crippen LogP contribution < -0.4 is 5.73 Å². The lowest BCUT2D eigenvalue weighted by Crippen LogP contribution is -2.34. The number of thiol groups is 1. The molecule has 3 atom stereocenters. The van der Waals surface area contributed by atoms with Crippen molar-refractivity contribution in [1.29, 1.82) is 0 Å². The molecule has 3 nitrogen and oxygen atoms in total. The lowest BCUT2D eigenvalue weighted by atomic mass is 9.93. The molecule has 2 aromatic rings. The van der Waals surface area contributed by atoms with Crippen molar-refractivity contribution in [3.63, 3.8) is 0 Å². The predicted octanol–water partition coefficient (Wildman–Crippen LogP) is 5.28. The van der Waals surface area contributed by atoms with Gasteiger partial charge in [0.25, 0.3) is 6.43 Å². The smallest absolute Gasteiger partial charge is 0.263 e. The number of nitrogens with two attached hydrogens (primary N) is 1. The van der Waals surface area contributed by atoms with Gasteiger partial charge in [0, 0.05) is 30.6 Å². The Balaban J connectivity index is 0.00000124. The van der Waals surface area contributed by atoms with Crippen LogP contribution in [0, 0.1) is 5.92 Å². The van der Waals surface area contributed by atoms with Crippen LogP contribution in [0.25, 0.3) is 11.1 Å². The first-order valence-electron chi connectivity index (χ1n) is 10.5. The fraction of sp³-hybridized carbons (Fsp3) is 0.458. The number of carbonyl (C=O) groups excluding carboxylic acids is 1. The van der Waals surface area contributed by atoms with Crippen LogP contribution in [0.4, 0.5) is 8.78 Å². The molecule has 0 bridgehead atoms. The molecule has 2 N–H and O–H groups in total. The van der Waals surface area contributed by atoms with Crippen LogP contribution in [0.3, 0.4) is 0 Å². The third kappa shape index (κ3) is 5.22. The zero-order chi connectivity index (χ0) is 21.7. The summed E-state index contributed by atoms with van der Waals surface area (Å²) in [4.78, 5) is 14.9. The molecule has 1 aliphatic carbocycles. The number of hydrogen-bond acceptors (Lipinski definition) is 3. The van der Waals surface area contributed by atoms with Gasteiger partial charge in [-0.1, -0.05) is 42.5 Å². The topological polar surface area (TPSA) is 46.3 Å². The monoisotopic (exact) mass is 432 g/mol. The zero-order valence-corrected chi connectivity index (χ0v) is 18.2. The van der Waals surface area contributed by atoms with Gasteiger partial charge in [0.15, 0.2) is 0 Å². The SMILES string of the molecule is CS.NC1CCCN(C(=O)C2CC2c2ccc(C(F)F)cc2-c2ccccc2)CC1. The maximum atomic E-state index is 13.3. The minimum Gasteiger partial charge on any atom is -0.342 e. The molecule has 0 aromatic heterocycles. The lowest BCUT2D eigenvalue weighted by molar-refractivity contribution is -0.132. The van der Waals surface area contributed by atoms with Crippen molar-refractivity contribution in [2.75, 3.05) is 19.3 Å². The molecular formula is C24H30F2N2OS. The number of likely N-dealkylation sites (tertiary alicyclic amines) is 1. The summed E-state index contributed by atoms with van der Waals surface area (Å²) in [7, 11) is 0. The largest absolute Gasteiger partial charge is 0.342 e. The molecule has 1 saturated carbocycles. The van der Waals surface area contributed by atoms with Gasteiger partial charge in [0.1, 0.15) is 0 Å². The van der Waals surface area contributed by atoms with Crippen LogP contribution in [-0.2, 0) is 4.79 Å². The Labute approximate surface area is 183 Å². The summed E-state index contributed by atoms with van der Waals surface area (Å²) < 4.78 is 26.5. The highest BCUT2D eigenvalue weighted by atomic mass is 32.1. The van der Waals surface area contributed by atoms with E-state index in [4.69, 9.17) is 5.73 Å². The van der Waals surface area contributed by atoms with Gasteiger partial charge in [0.05, 0.1) is 0 Å². The van der Waals surface area contributed by atoms with E-state index in [-0.39, 0.29) is 29.3 Å². The molecule has 0 spiro atoms. The van der Waals surface area contributed by atoms with Gasteiger partial charge in [-0.15, -0.1) is 0 Å². The molecule has 1 aliphatic heterocycles. The lowest BCUT2D eigenvalue weighted by Gasteiger charge is -2.21. The Hall–Kier alpha value is -1.92.